The second-order valence-electron chi connectivity index (χ2n) is 13.4. The second-order valence-corrected chi connectivity index (χ2v) is 14.5. The lowest BCUT2D eigenvalue weighted by Gasteiger charge is -2.49. The first kappa shape index (κ1) is 33.2. The first-order valence-electron chi connectivity index (χ1n) is 16.6. The highest BCUT2D eigenvalue weighted by atomic mass is 32.2. The maximum absolute atomic E-state index is 14.4. The number of alkyl carbamates (subject to hydrolysis) is 1. The molecule has 7 rings (SSSR count). The number of hydrogen-bond donors (Lipinski definition) is 1. The zero-order valence-electron chi connectivity index (χ0n) is 28.0. The van der Waals surface area contributed by atoms with Gasteiger partial charge in [-0.3, -0.25) is 14.5 Å². The Morgan fingerprint density at radius 2 is 1.52 bits per heavy atom. The van der Waals surface area contributed by atoms with Crippen molar-refractivity contribution in [1.29, 1.82) is 0 Å². The number of benzene rings is 4. The van der Waals surface area contributed by atoms with E-state index in [0.717, 1.165) is 27.6 Å². The fourth-order valence-electron chi connectivity index (χ4n) is 6.56. The largest absolute Gasteiger partial charge is 0.448 e. The third-order valence-electron chi connectivity index (χ3n) is 8.82. The van der Waals surface area contributed by atoms with Gasteiger partial charge in [-0.2, -0.15) is 0 Å². The zero-order valence-corrected chi connectivity index (χ0v) is 28.8. The van der Waals surface area contributed by atoms with Crippen molar-refractivity contribution in [3.63, 3.8) is 0 Å². The Bertz CT molecular complexity index is 1990. The third-order valence-corrected chi connectivity index (χ3v) is 10.1. The summed E-state index contributed by atoms with van der Waals surface area (Å²) in [6, 6.07) is 31.8. The summed E-state index contributed by atoms with van der Waals surface area (Å²) in [5, 5.41) is 4.14. The molecule has 0 unspecified atom stereocenters. The molecule has 0 saturated carbocycles. The molecular formula is C40H37N3O6S. The Kier molecular flexibility index (Phi) is 8.96. The molecule has 254 valence electrons. The number of carbonyl (C=O) groups is 4. The van der Waals surface area contributed by atoms with Crippen molar-refractivity contribution in [2.75, 3.05) is 17.2 Å². The van der Waals surface area contributed by atoms with Crippen LogP contribution in [0, 0.1) is 0 Å². The average molecular weight is 688 g/mol. The predicted octanol–water partition coefficient (Wildman–Crippen LogP) is 6.90. The number of amides is 3. The molecular weight excluding hydrogens is 651 g/mol. The van der Waals surface area contributed by atoms with Gasteiger partial charge in [0, 0.05) is 23.3 Å². The molecule has 0 radical (unpaired) electrons. The number of carbonyl (C=O) groups excluding carboxylic acids is 4. The fraction of sp³-hybridized carbons (Fsp3) is 0.250. The van der Waals surface area contributed by atoms with Gasteiger partial charge in [0.1, 0.15) is 22.7 Å². The Balaban J connectivity index is 1.24. The molecule has 2 atom stereocenters. The van der Waals surface area contributed by atoms with Crippen molar-refractivity contribution >= 4 is 52.1 Å². The summed E-state index contributed by atoms with van der Waals surface area (Å²) in [4.78, 5) is 57.9. The topological polar surface area (TPSA) is 105 Å². The number of ether oxygens (including phenoxy) is 2. The first-order chi connectivity index (χ1) is 24.1. The molecule has 50 heavy (non-hydrogen) atoms. The molecule has 0 aromatic heterocycles. The van der Waals surface area contributed by atoms with Crippen molar-refractivity contribution in [2.45, 2.75) is 50.3 Å². The van der Waals surface area contributed by atoms with Gasteiger partial charge in [0.25, 0.3) is 11.8 Å². The van der Waals surface area contributed by atoms with E-state index in [0.29, 0.717) is 29.9 Å². The third kappa shape index (κ3) is 6.50. The monoisotopic (exact) mass is 687 g/mol. The van der Waals surface area contributed by atoms with E-state index >= 15 is 0 Å². The van der Waals surface area contributed by atoms with Crippen LogP contribution in [0.25, 0.3) is 10.8 Å². The number of esters is 1. The van der Waals surface area contributed by atoms with Crippen molar-refractivity contribution in [3.05, 3.63) is 137 Å². The number of β-lactam (4-membered cyclic amide) rings is 1. The van der Waals surface area contributed by atoms with Gasteiger partial charge in [-0.1, -0.05) is 97.1 Å². The molecule has 0 bridgehead atoms. The number of nitrogens with zero attached hydrogens (tertiary/aromatic N) is 2. The number of nitrogens with one attached hydrogen (secondary N) is 1. The SMILES string of the molecule is CC(C)(C)OC(=O)N[C@@H]1C(=O)N2C(C(=O)OC(c3ccccc3)c3ccccc3)=C(/C=C3\CCN(c4cccc5ccccc45)C3=O)CS[C@H]12. The van der Waals surface area contributed by atoms with E-state index in [1.807, 2.05) is 103 Å². The molecule has 9 nitrogen and oxygen atoms in total. The maximum atomic E-state index is 14.4. The molecule has 3 aliphatic rings. The molecule has 3 aliphatic heterocycles. The van der Waals surface area contributed by atoms with E-state index in [4.69, 9.17) is 9.47 Å². The van der Waals surface area contributed by atoms with Crippen LogP contribution in [0.5, 0.6) is 0 Å². The smallest absolute Gasteiger partial charge is 0.408 e. The summed E-state index contributed by atoms with van der Waals surface area (Å²) < 4.78 is 11.7. The van der Waals surface area contributed by atoms with Crippen molar-refractivity contribution < 1.29 is 28.7 Å². The van der Waals surface area contributed by atoms with Gasteiger partial charge in [0.15, 0.2) is 6.10 Å². The van der Waals surface area contributed by atoms with Gasteiger partial charge in [-0.15, -0.1) is 11.8 Å². The lowest BCUT2D eigenvalue weighted by Crippen LogP contribution is -2.70. The van der Waals surface area contributed by atoms with E-state index in [2.05, 4.69) is 5.32 Å². The number of anilines is 1. The zero-order chi connectivity index (χ0) is 35.0. The van der Waals surface area contributed by atoms with E-state index in [-0.39, 0.29) is 11.6 Å². The molecule has 1 N–H and O–H groups in total. The fourth-order valence-corrected chi connectivity index (χ4v) is 7.86. The molecule has 4 aromatic carbocycles. The molecule has 2 saturated heterocycles. The molecule has 2 fully saturated rings. The van der Waals surface area contributed by atoms with Gasteiger partial charge in [0.05, 0.1) is 5.69 Å². The average Bonchev–Trinajstić information content (AvgIpc) is 3.47. The van der Waals surface area contributed by atoms with Crippen molar-refractivity contribution in [3.8, 4) is 0 Å². The standard InChI is InChI=1S/C40H37N3O6S/c1-40(2,3)49-39(47)41-32-36(45)43-33(38(46)48-34(26-14-6-4-7-15-26)27-16-8-5-9-17-27)29(24-50-37(32)43)23-28-21-22-42(35(28)44)31-20-12-18-25-13-10-11-19-30(25)31/h4-20,23,32,34,37H,21-22,24H2,1-3H3,(H,41,47)/b28-23+/t32-,37-/m1/s1. The molecule has 0 aliphatic carbocycles. The van der Waals surface area contributed by atoms with Crippen LogP contribution < -0.4 is 10.2 Å². The van der Waals surface area contributed by atoms with Crippen LogP contribution in [0.3, 0.4) is 0 Å². The van der Waals surface area contributed by atoms with Crippen LogP contribution in [-0.2, 0) is 23.9 Å². The highest BCUT2D eigenvalue weighted by Crippen LogP contribution is 2.43. The van der Waals surface area contributed by atoms with Gasteiger partial charge >= 0.3 is 12.1 Å². The normalized spacial score (nSPS) is 19.9. The number of hydrogen-bond acceptors (Lipinski definition) is 7. The summed E-state index contributed by atoms with van der Waals surface area (Å²) in [5.41, 5.74) is 2.74. The molecule has 0 spiro atoms. The summed E-state index contributed by atoms with van der Waals surface area (Å²) in [6.45, 7) is 5.72. The van der Waals surface area contributed by atoms with E-state index in [1.165, 1.54) is 16.7 Å². The molecule has 4 aromatic rings. The summed E-state index contributed by atoms with van der Waals surface area (Å²) in [5.74, 6) is -0.987. The molecule has 10 heteroatoms. The number of allylic oxidation sites excluding steroid dienone is 1. The van der Waals surface area contributed by atoms with Crippen LogP contribution in [-0.4, -0.2) is 58.1 Å². The Morgan fingerprint density at radius 1 is 0.880 bits per heavy atom. The van der Waals surface area contributed by atoms with Gasteiger partial charge < -0.3 is 19.7 Å². The van der Waals surface area contributed by atoms with Crippen LogP contribution in [0.1, 0.15) is 44.4 Å². The molecule has 3 heterocycles. The van der Waals surface area contributed by atoms with Crippen molar-refractivity contribution in [2.24, 2.45) is 0 Å². The first-order valence-corrected chi connectivity index (χ1v) is 17.6. The van der Waals surface area contributed by atoms with Crippen LogP contribution in [0.4, 0.5) is 10.5 Å². The van der Waals surface area contributed by atoms with E-state index in [1.54, 1.807) is 31.7 Å². The lowest BCUT2D eigenvalue weighted by atomic mass is 10.00. The number of thioether (sulfide) groups is 1. The summed E-state index contributed by atoms with van der Waals surface area (Å²) in [6.07, 6.45) is 0.752. The second kappa shape index (κ2) is 13.5. The summed E-state index contributed by atoms with van der Waals surface area (Å²) >= 11 is 1.41. The summed E-state index contributed by atoms with van der Waals surface area (Å²) in [7, 11) is 0. The quantitative estimate of drug-likeness (QED) is 0.128. The molecule has 3 amide bonds. The van der Waals surface area contributed by atoms with E-state index in [9.17, 15) is 19.2 Å². The maximum Gasteiger partial charge on any atom is 0.408 e. The lowest BCUT2D eigenvalue weighted by molar-refractivity contribution is -0.153. The van der Waals surface area contributed by atoms with Crippen LogP contribution >= 0.6 is 11.8 Å². The Morgan fingerprint density at radius 3 is 2.20 bits per heavy atom. The predicted molar refractivity (Wildman–Crippen MR) is 193 cm³/mol. The van der Waals surface area contributed by atoms with Gasteiger partial charge in [-0.25, -0.2) is 9.59 Å². The van der Waals surface area contributed by atoms with E-state index < -0.39 is 41.1 Å². The Labute approximate surface area is 294 Å². The minimum atomic E-state index is -0.888. The number of rotatable bonds is 7. The van der Waals surface area contributed by atoms with Crippen molar-refractivity contribution in [1.82, 2.24) is 10.2 Å². The highest BCUT2D eigenvalue weighted by molar-refractivity contribution is 8.00. The minimum absolute atomic E-state index is 0.0711. The Hall–Kier alpha value is -5.35. The van der Waals surface area contributed by atoms with Crippen LogP contribution in [0.2, 0.25) is 0 Å². The minimum Gasteiger partial charge on any atom is -0.448 e. The van der Waals surface area contributed by atoms with Gasteiger partial charge in [0.2, 0.25) is 0 Å². The van der Waals surface area contributed by atoms with Crippen LogP contribution in [0.15, 0.2) is 126 Å². The number of fused-ring (bicyclic) bond motifs is 2. The highest BCUT2D eigenvalue weighted by Gasteiger charge is 2.55. The van der Waals surface area contributed by atoms with Gasteiger partial charge in [-0.05, 0) is 61.4 Å².